The highest BCUT2D eigenvalue weighted by Gasteiger charge is 2.10. The zero-order valence-corrected chi connectivity index (χ0v) is 12.0. The van der Waals surface area contributed by atoms with Crippen LogP contribution in [0.4, 0.5) is 5.69 Å². The topological polar surface area (TPSA) is 55.9 Å². The molecule has 110 valence electrons. The van der Waals surface area contributed by atoms with Crippen LogP contribution in [0.3, 0.4) is 0 Å². The van der Waals surface area contributed by atoms with E-state index in [4.69, 9.17) is 5.21 Å². The minimum atomic E-state index is -0.131. The molecule has 5 heteroatoms. The van der Waals surface area contributed by atoms with E-state index in [-0.39, 0.29) is 10.9 Å². The molecular weight excluding hydrogens is 278 g/mol. The molecule has 2 aromatic carbocycles. The maximum absolute atomic E-state index is 10.8. The van der Waals surface area contributed by atoms with Crippen molar-refractivity contribution in [3.8, 4) is 11.1 Å². The van der Waals surface area contributed by atoms with Gasteiger partial charge in [-0.2, -0.15) is 0 Å². The lowest BCUT2D eigenvalue weighted by Gasteiger charge is -2.21. The highest BCUT2D eigenvalue weighted by molar-refractivity contribution is 5.84. The van der Waals surface area contributed by atoms with Gasteiger partial charge < -0.3 is 19.4 Å². The highest BCUT2D eigenvalue weighted by Crippen LogP contribution is 2.28. The van der Waals surface area contributed by atoms with Gasteiger partial charge in [0.1, 0.15) is 5.65 Å². The Balaban J connectivity index is 1.87. The summed E-state index contributed by atoms with van der Waals surface area (Å²) in [5.41, 5.74) is 5.73. The number of aryl methyl sites for hydroxylation is 1. The SMILES string of the molecule is Cn1c2ccccc2n2cc(-c3ccc(N([O-])O)cc3)cc12. The molecule has 0 saturated heterocycles. The highest BCUT2D eigenvalue weighted by atomic mass is 16.8. The van der Waals surface area contributed by atoms with E-state index in [1.54, 1.807) is 12.1 Å². The van der Waals surface area contributed by atoms with Crippen LogP contribution in [0.2, 0.25) is 0 Å². The maximum atomic E-state index is 10.8. The molecule has 0 saturated carbocycles. The maximum Gasteiger partial charge on any atom is 0.118 e. The third kappa shape index (κ3) is 1.80. The Hall–Kier alpha value is -2.76. The number of benzene rings is 2. The molecule has 0 atom stereocenters. The lowest BCUT2D eigenvalue weighted by molar-refractivity contribution is 0.296. The van der Waals surface area contributed by atoms with E-state index >= 15 is 0 Å². The predicted molar refractivity (Wildman–Crippen MR) is 86.9 cm³/mol. The average molecular weight is 292 g/mol. The molecule has 0 spiro atoms. The zero-order chi connectivity index (χ0) is 15.3. The van der Waals surface area contributed by atoms with Crippen molar-refractivity contribution in [2.75, 3.05) is 5.23 Å². The molecule has 22 heavy (non-hydrogen) atoms. The largest absolute Gasteiger partial charge is 0.733 e. The molecule has 2 heterocycles. The van der Waals surface area contributed by atoms with Gasteiger partial charge in [0, 0.05) is 18.8 Å². The van der Waals surface area contributed by atoms with Gasteiger partial charge in [0.25, 0.3) is 0 Å². The van der Waals surface area contributed by atoms with E-state index in [1.807, 2.05) is 31.3 Å². The number of nitrogens with zero attached hydrogens (tertiary/aromatic N) is 3. The van der Waals surface area contributed by atoms with Gasteiger partial charge in [-0.05, 0) is 35.9 Å². The van der Waals surface area contributed by atoms with Crippen molar-refractivity contribution in [3.05, 3.63) is 66.0 Å². The number of aromatic nitrogens is 2. The first kappa shape index (κ1) is 12.9. The summed E-state index contributed by atoms with van der Waals surface area (Å²) in [6.45, 7) is 0. The summed E-state index contributed by atoms with van der Waals surface area (Å²) in [5, 5.41) is 19.6. The quantitative estimate of drug-likeness (QED) is 0.572. The van der Waals surface area contributed by atoms with Crippen LogP contribution in [0.1, 0.15) is 0 Å². The summed E-state index contributed by atoms with van der Waals surface area (Å²) in [6, 6.07) is 17.2. The summed E-state index contributed by atoms with van der Waals surface area (Å²) < 4.78 is 4.31. The summed E-state index contributed by atoms with van der Waals surface area (Å²) >= 11 is 0. The second-order valence-electron chi connectivity index (χ2n) is 5.32. The molecule has 0 aliphatic carbocycles. The molecule has 0 bridgehead atoms. The Labute approximate surface area is 126 Å². The van der Waals surface area contributed by atoms with Gasteiger partial charge in [0.2, 0.25) is 0 Å². The van der Waals surface area contributed by atoms with Crippen LogP contribution < -0.4 is 5.23 Å². The molecule has 2 aromatic heterocycles. The van der Waals surface area contributed by atoms with Gasteiger partial charge >= 0.3 is 0 Å². The summed E-state index contributed by atoms with van der Waals surface area (Å²) in [5.74, 6) is 0. The Kier molecular flexibility index (Phi) is 2.72. The monoisotopic (exact) mass is 292 g/mol. The smallest absolute Gasteiger partial charge is 0.118 e. The number of fused-ring (bicyclic) bond motifs is 3. The standard InChI is InChI=1S/C17H14N3O2/c1-18-15-4-2-3-5-16(15)19-11-13(10-17(18)19)12-6-8-14(9-7-12)20(21)22/h2-11,21H,1H3/q-1. The van der Waals surface area contributed by atoms with Crippen molar-refractivity contribution in [3.63, 3.8) is 0 Å². The minimum absolute atomic E-state index is 0.131. The van der Waals surface area contributed by atoms with Crippen LogP contribution in [0.5, 0.6) is 0 Å². The van der Waals surface area contributed by atoms with Crippen LogP contribution in [-0.2, 0) is 7.05 Å². The van der Waals surface area contributed by atoms with E-state index in [0.29, 0.717) is 0 Å². The lowest BCUT2D eigenvalue weighted by Crippen LogP contribution is -2.06. The normalized spacial score (nSPS) is 11.4. The van der Waals surface area contributed by atoms with Gasteiger partial charge in [-0.25, -0.2) is 0 Å². The number of imidazole rings is 1. The second kappa shape index (κ2) is 4.62. The molecule has 0 aliphatic rings. The van der Waals surface area contributed by atoms with E-state index in [1.165, 1.54) is 5.52 Å². The van der Waals surface area contributed by atoms with Gasteiger partial charge in [0.05, 0.1) is 16.7 Å². The predicted octanol–water partition coefficient (Wildman–Crippen LogP) is 3.79. The van der Waals surface area contributed by atoms with Gasteiger partial charge in [-0.3, -0.25) is 5.21 Å². The zero-order valence-electron chi connectivity index (χ0n) is 12.0. The third-order valence-electron chi connectivity index (χ3n) is 4.07. The lowest BCUT2D eigenvalue weighted by atomic mass is 10.1. The van der Waals surface area contributed by atoms with Crippen LogP contribution >= 0.6 is 0 Å². The fraction of sp³-hybridized carbons (Fsp3) is 0.0588. The van der Waals surface area contributed by atoms with Gasteiger partial charge in [-0.1, -0.05) is 24.3 Å². The first-order chi connectivity index (χ1) is 10.6. The van der Waals surface area contributed by atoms with Gasteiger partial charge in [-0.15, -0.1) is 0 Å². The molecule has 0 aliphatic heterocycles. The first-order valence-corrected chi connectivity index (χ1v) is 6.97. The fourth-order valence-electron chi connectivity index (χ4n) is 2.92. The van der Waals surface area contributed by atoms with Crippen LogP contribution in [0, 0.1) is 5.21 Å². The van der Waals surface area contributed by atoms with E-state index in [9.17, 15) is 5.21 Å². The molecule has 0 radical (unpaired) electrons. The number of anilines is 1. The first-order valence-electron chi connectivity index (χ1n) is 6.97. The minimum Gasteiger partial charge on any atom is -0.733 e. The number of hydrogen-bond donors (Lipinski definition) is 1. The Morgan fingerprint density at radius 1 is 0.955 bits per heavy atom. The number of para-hydroxylation sites is 2. The molecule has 0 amide bonds. The molecular formula is C17H14N3O2-. The molecule has 4 aromatic rings. The van der Waals surface area contributed by atoms with Crippen LogP contribution in [0.25, 0.3) is 27.8 Å². The summed E-state index contributed by atoms with van der Waals surface area (Å²) in [4.78, 5) is 0. The molecule has 4 rings (SSSR count). The average Bonchev–Trinajstić information content (AvgIpc) is 3.08. The van der Waals surface area contributed by atoms with Crippen LogP contribution in [-0.4, -0.2) is 14.2 Å². The van der Waals surface area contributed by atoms with Crippen molar-refractivity contribution >= 4 is 22.4 Å². The van der Waals surface area contributed by atoms with Crippen molar-refractivity contribution < 1.29 is 5.21 Å². The molecule has 1 N–H and O–H groups in total. The Bertz CT molecular complexity index is 965. The molecule has 5 nitrogen and oxygen atoms in total. The third-order valence-corrected chi connectivity index (χ3v) is 4.07. The van der Waals surface area contributed by atoms with Gasteiger partial charge in [0.15, 0.2) is 0 Å². The van der Waals surface area contributed by atoms with Crippen molar-refractivity contribution in [2.45, 2.75) is 0 Å². The van der Waals surface area contributed by atoms with Crippen molar-refractivity contribution in [1.29, 1.82) is 0 Å². The Morgan fingerprint density at radius 2 is 1.64 bits per heavy atom. The molecule has 0 unspecified atom stereocenters. The van der Waals surface area contributed by atoms with E-state index in [2.05, 4.69) is 33.4 Å². The summed E-state index contributed by atoms with van der Waals surface area (Å²) in [7, 11) is 2.05. The number of rotatable bonds is 2. The second-order valence-corrected chi connectivity index (χ2v) is 5.32. The fourth-order valence-corrected chi connectivity index (χ4v) is 2.92. The summed E-state index contributed by atoms with van der Waals surface area (Å²) in [6.07, 6.45) is 2.08. The Morgan fingerprint density at radius 3 is 2.32 bits per heavy atom. The van der Waals surface area contributed by atoms with E-state index in [0.717, 1.165) is 22.3 Å². The molecule has 0 fully saturated rings. The van der Waals surface area contributed by atoms with Crippen molar-refractivity contribution in [1.82, 2.24) is 8.97 Å². The number of hydrogen-bond acceptors (Lipinski definition) is 3. The van der Waals surface area contributed by atoms with E-state index < -0.39 is 0 Å². The van der Waals surface area contributed by atoms with Crippen molar-refractivity contribution in [2.24, 2.45) is 7.05 Å². The van der Waals surface area contributed by atoms with Crippen LogP contribution in [0.15, 0.2) is 60.8 Å².